The van der Waals surface area contributed by atoms with Gasteiger partial charge in [0, 0.05) is 23.5 Å². The molecule has 1 heterocycles. The van der Waals surface area contributed by atoms with Crippen molar-refractivity contribution >= 4 is 28.3 Å². The van der Waals surface area contributed by atoms with Crippen LogP contribution in [-0.4, -0.2) is 21.3 Å². The van der Waals surface area contributed by atoms with Crippen LogP contribution in [-0.2, 0) is 0 Å². The van der Waals surface area contributed by atoms with E-state index >= 15 is 0 Å². The molecule has 1 rings (SSSR count). The molecule has 3 nitrogen and oxygen atoms in total. The number of hydrogen-bond donors (Lipinski definition) is 1. The zero-order valence-electron chi connectivity index (χ0n) is 5.54. The third-order valence-electron chi connectivity index (χ3n) is 0.963. The van der Waals surface area contributed by atoms with E-state index in [1.165, 1.54) is 17.9 Å². The minimum absolute atomic E-state index is 0.259. The average molecular weight is 178 g/mol. The van der Waals surface area contributed by atoms with Gasteiger partial charge >= 0.3 is 0 Å². The molecule has 1 aromatic rings. The minimum Gasteiger partial charge on any atom is -0.357 e. The van der Waals surface area contributed by atoms with Gasteiger partial charge in [0.25, 0.3) is 0 Å². The van der Waals surface area contributed by atoms with Gasteiger partial charge in [-0.2, -0.15) is 4.37 Å². The Morgan fingerprint density at radius 2 is 2.70 bits per heavy atom. The Morgan fingerprint density at radius 1 is 1.90 bits per heavy atom. The van der Waals surface area contributed by atoms with Crippen molar-refractivity contribution in [1.29, 1.82) is 0 Å². The second-order valence-corrected chi connectivity index (χ2v) is 3.03. The van der Waals surface area contributed by atoms with Crippen molar-refractivity contribution in [3.63, 3.8) is 0 Å². The SMILES string of the molecule is CC(CCl)Nc1ncns1. The van der Waals surface area contributed by atoms with Crippen LogP contribution in [0.4, 0.5) is 5.13 Å². The molecule has 0 fully saturated rings. The molecule has 1 atom stereocenters. The molecule has 0 spiro atoms. The lowest BCUT2D eigenvalue weighted by molar-refractivity contribution is 0.904. The van der Waals surface area contributed by atoms with E-state index in [0.717, 1.165) is 5.13 Å². The van der Waals surface area contributed by atoms with Crippen LogP contribution in [0.5, 0.6) is 0 Å². The molecule has 1 unspecified atom stereocenters. The normalized spacial score (nSPS) is 13.0. The fraction of sp³-hybridized carbons (Fsp3) is 0.600. The molecule has 0 aliphatic heterocycles. The minimum atomic E-state index is 0.259. The van der Waals surface area contributed by atoms with Crippen LogP contribution < -0.4 is 5.32 Å². The first-order valence-corrected chi connectivity index (χ1v) is 4.23. The van der Waals surface area contributed by atoms with Crippen molar-refractivity contribution in [2.24, 2.45) is 0 Å². The maximum atomic E-state index is 5.56. The summed E-state index contributed by atoms with van der Waals surface area (Å²) in [6, 6.07) is 0.259. The van der Waals surface area contributed by atoms with Gasteiger partial charge in [0.15, 0.2) is 0 Å². The van der Waals surface area contributed by atoms with Gasteiger partial charge in [0.1, 0.15) is 6.33 Å². The number of nitrogens with one attached hydrogen (secondary N) is 1. The number of aromatic nitrogens is 2. The Bertz CT molecular complexity index is 177. The number of anilines is 1. The largest absolute Gasteiger partial charge is 0.357 e. The van der Waals surface area contributed by atoms with E-state index in [-0.39, 0.29) is 6.04 Å². The van der Waals surface area contributed by atoms with Crippen molar-refractivity contribution < 1.29 is 0 Å². The summed E-state index contributed by atoms with van der Waals surface area (Å²) in [7, 11) is 0. The molecule has 1 aromatic heterocycles. The highest BCUT2D eigenvalue weighted by molar-refractivity contribution is 7.09. The van der Waals surface area contributed by atoms with Gasteiger partial charge in [-0.15, -0.1) is 11.6 Å². The number of rotatable bonds is 3. The monoisotopic (exact) mass is 177 g/mol. The number of alkyl halides is 1. The lowest BCUT2D eigenvalue weighted by atomic mass is 10.4. The van der Waals surface area contributed by atoms with Gasteiger partial charge in [-0.3, -0.25) is 0 Å². The van der Waals surface area contributed by atoms with Crippen LogP contribution in [0.1, 0.15) is 6.92 Å². The van der Waals surface area contributed by atoms with E-state index in [1.807, 2.05) is 6.92 Å². The quantitative estimate of drug-likeness (QED) is 0.713. The second kappa shape index (κ2) is 3.73. The lowest BCUT2D eigenvalue weighted by Gasteiger charge is -2.06. The first kappa shape index (κ1) is 7.75. The molecule has 0 aliphatic rings. The molecule has 10 heavy (non-hydrogen) atoms. The van der Waals surface area contributed by atoms with Crippen molar-refractivity contribution in [2.75, 3.05) is 11.2 Å². The Labute approximate surface area is 68.6 Å². The molecule has 0 saturated carbocycles. The maximum absolute atomic E-state index is 5.56. The third kappa shape index (κ3) is 2.11. The summed E-state index contributed by atoms with van der Waals surface area (Å²) in [4.78, 5) is 3.94. The highest BCUT2D eigenvalue weighted by atomic mass is 35.5. The van der Waals surface area contributed by atoms with Crippen LogP contribution in [0.3, 0.4) is 0 Å². The lowest BCUT2D eigenvalue weighted by Crippen LogP contribution is -2.15. The fourth-order valence-electron chi connectivity index (χ4n) is 0.486. The summed E-state index contributed by atoms with van der Waals surface area (Å²) in [6.07, 6.45) is 1.52. The van der Waals surface area contributed by atoms with Gasteiger partial charge in [-0.25, -0.2) is 4.98 Å². The maximum Gasteiger partial charge on any atom is 0.202 e. The van der Waals surface area contributed by atoms with Crippen LogP contribution in [0.25, 0.3) is 0 Å². The number of hydrogen-bond acceptors (Lipinski definition) is 4. The summed E-state index contributed by atoms with van der Waals surface area (Å²) in [5.74, 6) is 0.583. The zero-order valence-corrected chi connectivity index (χ0v) is 7.11. The molecule has 0 bridgehead atoms. The summed E-state index contributed by atoms with van der Waals surface area (Å²) in [5.41, 5.74) is 0. The standard InChI is InChI=1S/C5H8ClN3S/c1-4(2-6)9-5-7-3-8-10-5/h3-4H,2H2,1H3,(H,7,8,9). The Morgan fingerprint density at radius 3 is 3.20 bits per heavy atom. The predicted molar refractivity (Wildman–Crippen MR) is 43.7 cm³/mol. The van der Waals surface area contributed by atoms with Crippen molar-refractivity contribution in [3.8, 4) is 0 Å². The highest BCUT2D eigenvalue weighted by Gasteiger charge is 2.00. The Balaban J connectivity index is 2.40. The second-order valence-electron chi connectivity index (χ2n) is 1.95. The van der Waals surface area contributed by atoms with Gasteiger partial charge in [0.2, 0.25) is 5.13 Å². The molecule has 5 heteroatoms. The van der Waals surface area contributed by atoms with E-state index in [1.54, 1.807) is 0 Å². The fourth-order valence-corrected chi connectivity index (χ4v) is 1.11. The molecule has 0 aromatic carbocycles. The number of nitrogens with zero attached hydrogens (tertiary/aromatic N) is 2. The van der Waals surface area contributed by atoms with Crippen LogP contribution in [0.2, 0.25) is 0 Å². The molecular weight excluding hydrogens is 170 g/mol. The van der Waals surface area contributed by atoms with Gasteiger partial charge in [0.05, 0.1) is 0 Å². The van der Waals surface area contributed by atoms with Crippen molar-refractivity contribution in [3.05, 3.63) is 6.33 Å². The summed E-state index contributed by atoms with van der Waals surface area (Å²) in [5, 5.41) is 3.91. The van der Waals surface area contributed by atoms with Gasteiger partial charge in [-0.1, -0.05) is 0 Å². The number of halogens is 1. The molecule has 0 radical (unpaired) electrons. The van der Waals surface area contributed by atoms with Gasteiger partial charge in [-0.05, 0) is 6.92 Å². The van der Waals surface area contributed by atoms with Crippen molar-refractivity contribution in [2.45, 2.75) is 13.0 Å². The molecule has 56 valence electrons. The van der Waals surface area contributed by atoms with E-state index in [4.69, 9.17) is 11.6 Å². The average Bonchev–Trinajstić information content (AvgIpc) is 2.40. The Kier molecular flexibility index (Phi) is 2.89. The van der Waals surface area contributed by atoms with E-state index in [0.29, 0.717) is 5.88 Å². The van der Waals surface area contributed by atoms with Gasteiger partial charge < -0.3 is 5.32 Å². The van der Waals surface area contributed by atoms with E-state index in [9.17, 15) is 0 Å². The van der Waals surface area contributed by atoms with Crippen LogP contribution >= 0.6 is 23.1 Å². The molecule has 0 saturated heterocycles. The first-order chi connectivity index (χ1) is 4.83. The molecular formula is C5H8ClN3S. The molecule has 0 amide bonds. The topological polar surface area (TPSA) is 37.8 Å². The molecule has 0 aliphatic carbocycles. The van der Waals surface area contributed by atoms with Crippen molar-refractivity contribution in [1.82, 2.24) is 9.36 Å². The van der Waals surface area contributed by atoms with E-state index in [2.05, 4.69) is 14.7 Å². The third-order valence-corrected chi connectivity index (χ3v) is 2.02. The molecule has 1 N–H and O–H groups in total. The van der Waals surface area contributed by atoms with Crippen LogP contribution in [0.15, 0.2) is 6.33 Å². The smallest absolute Gasteiger partial charge is 0.202 e. The Hall–Kier alpha value is -0.350. The van der Waals surface area contributed by atoms with E-state index < -0.39 is 0 Å². The first-order valence-electron chi connectivity index (χ1n) is 2.92. The summed E-state index contributed by atoms with van der Waals surface area (Å²) in [6.45, 7) is 1.99. The summed E-state index contributed by atoms with van der Waals surface area (Å²) >= 11 is 6.90. The highest BCUT2D eigenvalue weighted by Crippen LogP contribution is 2.08. The zero-order chi connectivity index (χ0) is 7.40. The summed E-state index contributed by atoms with van der Waals surface area (Å²) < 4.78 is 3.83. The van der Waals surface area contributed by atoms with Crippen LogP contribution in [0, 0.1) is 0 Å². The predicted octanol–water partition coefficient (Wildman–Crippen LogP) is 1.58.